The van der Waals surface area contributed by atoms with Crippen LogP contribution in [0.4, 0.5) is 0 Å². The van der Waals surface area contributed by atoms with Gasteiger partial charge < -0.3 is 39.4 Å². The molecule has 6 rings (SSSR count). The summed E-state index contributed by atoms with van der Waals surface area (Å²) in [5.41, 5.74) is -9.40. The van der Waals surface area contributed by atoms with E-state index >= 15 is 0 Å². The molecule has 0 aromatic carbocycles. The summed E-state index contributed by atoms with van der Waals surface area (Å²) in [6.45, 7) is 6.63. The monoisotopic (exact) mass is 440 g/mol. The summed E-state index contributed by atoms with van der Waals surface area (Å²) in [4.78, 5) is 38.3. The van der Waals surface area contributed by atoms with E-state index in [-0.39, 0.29) is 0 Å². The van der Waals surface area contributed by atoms with E-state index in [1.54, 1.807) is 20.8 Å². The van der Waals surface area contributed by atoms with Gasteiger partial charge in [-0.2, -0.15) is 0 Å². The summed E-state index contributed by atoms with van der Waals surface area (Å²) in [6.07, 6.45) is -9.69. The Labute approximate surface area is 176 Å². The first-order chi connectivity index (χ1) is 14.3. The molecule has 11 heteroatoms. The van der Waals surface area contributed by atoms with Gasteiger partial charge in [0.25, 0.3) is 0 Å². The van der Waals surface area contributed by atoms with Gasteiger partial charge in [0.15, 0.2) is 17.8 Å². The van der Waals surface area contributed by atoms with Gasteiger partial charge in [0.1, 0.15) is 12.2 Å². The van der Waals surface area contributed by atoms with Crippen molar-refractivity contribution < 1.29 is 53.8 Å². The number of hydrogen-bond acceptors (Lipinski definition) is 11. The van der Waals surface area contributed by atoms with Crippen LogP contribution in [0.3, 0.4) is 0 Å². The van der Waals surface area contributed by atoms with Crippen LogP contribution in [0.25, 0.3) is 0 Å². The van der Waals surface area contributed by atoms with Crippen LogP contribution < -0.4 is 0 Å². The van der Waals surface area contributed by atoms with E-state index < -0.39 is 94.0 Å². The van der Waals surface area contributed by atoms with E-state index in [0.717, 1.165) is 0 Å². The molecule has 0 bridgehead atoms. The summed E-state index contributed by atoms with van der Waals surface area (Å²) in [5, 5.41) is 46.1. The zero-order valence-electron chi connectivity index (χ0n) is 17.3. The molecule has 2 aliphatic carbocycles. The quantitative estimate of drug-likeness (QED) is 0.234. The highest BCUT2D eigenvalue weighted by molar-refractivity contribution is 5.94. The van der Waals surface area contributed by atoms with Crippen molar-refractivity contribution in [1.82, 2.24) is 0 Å². The molecule has 2 spiro atoms. The molecule has 31 heavy (non-hydrogen) atoms. The molecule has 11 nitrogen and oxygen atoms in total. The number of esters is 3. The lowest BCUT2D eigenvalue weighted by atomic mass is 9.51. The maximum atomic E-state index is 13.4. The van der Waals surface area contributed by atoms with Gasteiger partial charge in [0, 0.05) is 5.92 Å². The molecular formula is C20H24O11. The Balaban J connectivity index is 1.75. The Morgan fingerprint density at radius 2 is 1.58 bits per heavy atom. The summed E-state index contributed by atoms with van der Waals surface area (Å²) in [7, 11) is 0. The van der Waals surface area contributed by atoms with E-state index in [9.17, 15) is 34.8 Å². The summed E-state index contributed by atoms with van der Waals surface area (Å²) in [5.74, 6) is -5.22. The molecule has 0 unspecified atom stereocenters. The van der Waals surface area contributed by atoms with Crippen molar-refractivity contribution in [1.29, 1.82) is 0 Å². The number of carbonyl (C=O) groups excluding carboxylic acids is 3. The number of aliphatic hydroxyl groups is 4. The van der Waals surface area contributed by atoms with Crippen LogP contribution in [0.1, 0.15) is 27.7 Å². The van der Waals surface area contributed by atoms with Gasteiger partial charge in [-0.25, -0.2) is 9.59 Å². The molecule has 4 heterocycles. The third-order valence-corrected chi connectivity index (χ3v) is 8.95. The average Bonchev–Trinajstić information content (AvgIpc) is 3.35. The van der Waals surface area contributed by atoms with Crippen LogP contribution >= 0.6 is 0 Å². The lowest BCUT2D eigenvalue weighted by Gasteiger charge is -2.47. The smallest absolute Gasteiger partial charge is 0.343 e. The van der Waals surface area contributed by atoms with Crippen molar-refractivity contribution in [3.05, 3.63) is 0 Å². The number of fused-ring (bicyclic) bond motifs is 1. The predicted octanol–water partition coefficient (Wildman–Crippen LogP) is -2.40. The maximum Gasteiger partial charge on any atom is 0.343 e. The molecule has 0 radical (unpaired) electrons. The molecule has 6 aliphatic rings. The minimum atomic E-state index is -2.40. The Bertz CT molecular complexity index is 957. The minimum Gasteiger partial charge on any atom is -0.456 e. The molecule has 6 fully saturated rings. The summed E-state index contributed by atoms with van der Waals surface area (Å²) in [6, 6.07) is 0. The molecule has 0 amide bonds. The first-order valence-corrected chi connectivity index (χ1v) is 10.3. The molecule has 0 aromatic rings. The van der Waals surface area contributed by atoms with E-state index in [4.69, 9.17) is 18.9 Å². The molecule has 2 saturated carbocycles. The van der Waals surface area contributed by atoms with Gasteiger partial charge in [-0.15, -0.1) is 0 Å². The zero-order valence-corrected chi connectivity index (χ0v) is 17.3. The van der Waals surface area contributed by atoms with Gasteiger partial charge in [-0.1, -0.05) is 20.8 Å². The van der Waals surface area contributed by atoms with Gasteiger partial charge >= 0.3 is 17.9 Å². The average molecular weight is 440 g/mol. The lowest BCUT2D eigenvalue weighted by molar-refractivity contribution is -0.240. The van der Waals surface area contributed by atoms with Crippen molar-refractivity contribution in [2.24, 2.45) is 28.1 Å². The second kappa shape index (κ2) is 4.91. The van der Waals surface area contributed by atoms with Gasteiger partial charge in [0.05, 0.1) is 22.9 Å². The van der Waals surface area contributed by atoms with Gasteiger partial charge in [0.2, 0.25) is 11.9 Å². The number of carbonyl (C=O) groups is 3. The van der Waals surface area contributed by atoms with Crippen LogP contribution in [0.2, 0.25) is 0 Å². The van der Waals surface area contributed by atoms with E-state index in [1.165, 1.54) is 6.92 Å². The molecule has 170 valence electrons. The fourth-order valence-corrected chi connectivity index (χ4v) is 8.27. The van der Waals surface area contributed by atoms with Gasteiger partial charge in [-0.3, -0.25) is 4.79 Å². The third kappa shape index (κ3) is 1.43. The molecule has 0 aromatic heterocycles. The number of ether oxygens (including phenoxy) is 4. The summed E-state index contributed by atoms with van der Waals surface area (Å²) < 4.78 is 22.2. The van der Waals surface area contributed by atoms with Crippen molar-refractivity contribution >= 4 is 17.9 Å². The SMILES string of the molecule is C[C@@H]1C(=O)O[C@H]2[C@H](O)[C@]34[C@H]5OC(=O)[C@@]3(O[C@@H]3OC(=O)[C@H](O)[C@@]34[C@H](C(C)(C)C)[C@H]5O)[C@@]12O. The van der Waals surface area contributed by atoms with E-state index in [2.05, 4.69) is 0 Å². The lowest BCUT2D eigenvalue weighted by Crippen LogP contribution is -2.67. The molecule has 4 saturated heterocycles. The molecular weight excluding hydrogens is 416 g/mol. The molecule has 4 aliphatic heterocycles. The van der Waals surface area contributed by atoms with Crippen LogP contribution in [0.15, 0.2) is 0 Å². The van der Waals surface area contributed by atoms with Crippen molar-refractivity contribution in [3.63, 3.8) is 0 Å². The first-order valence-electron chi connectivity index (χ1n) is 10.3. The largest absolute Gasteiger partial charge is 0.456 e. The Morgan fingerprint density at radius 3 is 2.19 bits per heavy atom. The van der Waals surface area contributed by atoms with Crippen molar-refractivity contribution in [2.75, 3.05) is 0 Å². The fourth-order valence-electron chi connectivity index (χ4n) is 8.27. The molecule has 12 atom stereocenters. The minimum absolute atomic E-state index is 0.792. The highest BCUT2D eigenvalue weighted by Gasteiger charge is 3.05. The Hall–Kier alpha value is -1.79. The summed E-state index contributed by atoms with van der Waals surface area (Å²) >= 11 is 0. The van der Waals surface area contributed by atoms with Crippen molar-refractivity contribution in [3.8, 4) is 0 Å². The van der Waals surface area contributed by atoms with Crippen molar-refractivity contribution in [2.45, 2.75) is 75.7 Å². The Kier molecular flexibility index (Phi) is 3.15. The number of rotatable bonds is 0. The van der Waals surface area contributed by atoms with Crippen LogP contribution in [0.5, 0.6) is 0 Å². The number of aliphatic hydroxyl groups excluding tert-OH is 3. The standard InChI is InChI=1S/C20H24O11/c1-5-12(24)28-11-8(22)18-10-6(21)7(16(2,3)4)17(18)9(23)13(25)30-15(17)31-20(18,14(26)29-10)19(5,11)27/h5-11,15,21-23,27H,1-4H3/t5-,6-,7+,8+,9+,10+,11+,15+,17+,18-,19-,20+/m1/s1. The third-order valence-electron chi connectivity index (χ3n) is 8.95. The van der Waals surface area contributed by atoms with Crippen LogP contribution in [-0.2, 0) is 33.3 Å². The Morgan fingerprint density at radius 1 is 0.935 bits per heavy atom. The van der Waals surface area contributed by atoms with Crippen LogP contribution in [-0.4, -0.2) is 86.3 Å². The number of hydrogen-bond donors (Lipinski definition) is 4. The normalized spacial score (nSPS) is 61.0. The van der Waals surface area contributed by atoms with Crippen LogP contribution in [0, 0.1) is 28.1 Å². The first kappa shape index (κ1) is 19.9. The molecule has 4 N–H and O–H groups in total. The predicted molar refractivity (Wildman–Crippen MR) is 93.4 cm³/mol. The fraction of sp³-hybridized carbons (Fsp3) is 0.850. The topological polar surface area (TPSA) is 169 Å². The second-order valence-electron chi connectivity index (χ2n) is 10.8. The zero-order chi connectivity index (χ0) is 22.7. The highest BCUT2D eigenvalue weighted by Crippen LogP contribution is 2.84. The van der Waals surface area contributed by atoms with E-state index in [0.29, 0.717) is 0 Å². The maximum absolute atomic E-state index is 13.4. The van der Waals surface area contributed by atoms with Gasteiger partial charge in [-0.05, 0) is 12.3 Å². The highest BCUT2D eigenvalue weighted by atomic mass is 16.8. The van der Waals surface area contributed by atoms with E-state index in [1.807, 2.05) is 0 Å². The second-order valence-corrected chi connectivity index (χ2v) is 10.8.